The Morgan fingerprint density at radius 2 is 2.00 bits per heavy atom. The Morgan fingerprint density at radius 3 is 2.62 bits per heavy atom. The average molecular weight is 368 g/mol. The van der Waals surface area contributed by atoms with Crippen molar-refractivity contribution < 1.29 is 14.6 Å². The summed E-state index contributed by atoms with van der Waals surface area (Å²) in [6.45, 7) is 0.570. The summed E-state index contributed by atoms with van der Waals surface area (Å²) in [5, 5.41) is 9.65. The Morgan fingerprint density at radius 1 is 1.24 bits per heavy atom. The van der Waals surface area contributed by atoms with E-state index in [1.165, 1.54) is 0 Å². The highest BCUT2D eigenvalue weighted by Crippen LogP contribution is 2.18. The lowest BCUT2D eigenvalue weighted by Gasteiger charge is -2.06. The predicted molar refractivity (Wildman–Crippen MR) is 85.9 cm³/mol. The number of aliphatic carboxylic acids is 1. The number of aromatic nitrogens is 1. The molecule has 0 aliphatic rings. The van der Waals surface area contributed by atoms with E-state index in [-0.39, 0.29) is 6.42 Å². The van der Waals surface area contributed by atoms with E-state index >= 15 is 0 Å². The van der Waals surface area contributed by atoms with Crippen molar-refractivity contribution in [2.75, 3.05) is 12.4 Å². The Balaban J connectivity index is 1.73. The lowest BCUT2D eigenvalue weighted by atomic mass is 10.1. The molecular formula is C15H14BrNO3S. The van der Waals surface area contributed by atoms with Gasteiger partial charge in [0.1, 0.15) is 5.75 Å². The molecule has 4 nitrogen and oxygen atoms in total. The van der Waals surface area contributed by atoms with Gasteiger partial charge >= 0.3 is 5.97 Å². The number of carboxylic acid groups (broad SMARTS) is 1. The maximum atomic E-state index is 10.6. The Kier molecular flexibility index (Phi) is 6.07. The highest BCUT2D eigenvalue weighted by atomic mass is 79.9. The smallest absolute Gasteiger partial charge is 0.307 e. The molecule has 21 heavy (non-hydrogen) atoms. The molecule has 1 aromatic heterocycles. The van der Waals surface area contributed by atoms with Crippen molar-refractivity contribution in [1.29, 1.82) is 0 Å². The van der Waals surface area contributed by atoms with Gasteiger partial charge < -0.3 is 9.84 Å². The van der Waals surface area contributed by atoms with E-state index in [9.17, 15) is 4.79 Å². The van der Waals surface area contributed by atoms with Crippen LogP contribution in [-0.2, 0) is 11.2 Å². The van der Waals surface area contributed by atoms with E-state index < -0.39 is 5.97 Å². The van der Waals surface area contributed by atoms with Gasteiger partial charge in [-0.15, -0.1) is 11.8 Å². The van der Waals surface area contributed by atoms with Crippen molar-refractivity contribution in [2.24, 2.45) is 0 Å². The SMILES string of the molecule is O=C(O)Cc1ccc(OCCSc2ccc(Br)cn2)cc1. The number of benzene rings is 1. The van der Waals surface area contributed by atoms with Crippen LogP contribution in [-0.4, -0.2) is 28.4 Å². The molecule has 0 fully saturated rings. The van der Waals surface area contributed by atoms with Crippen molar-refractivity contribution >= 4 is 33.7 Å². The normalized spacial score (nSPS) is 10.3. The van der Waals surface area contributed by atoms with Crippen LogP contribution in [0.2, 0.25) is 0 Å². The van der Waals surface area contributed by atoms with Crippen molar-refractivity contribution in [3.05, 3.63) is 52.6 Å². The van der Waals surface area contributed by atoms with Gasteiger partial charge in [-0.05, 0) is 45.8 Å². The van der Waals surface area contributed by atoms with Crippen LogP contribution in [0.4, 0.5) is 0 Å². The molecule has 0 radical (unpaired) electrons. The molecule has 2 rings (SSSR count). The summed E-state index contributed by atoms with van der Waals surface area (Å²) in [5.74, 6) is 0.710. The van der Waals surface area contributed by atoms with Gasteiger partial charge in [-0.1, -0.05) is 12.1 Å². The molecule has 2 aromatic rings. The Labute approximate surface area is 135 Å². The largest absolute Gasteiger partial charge is 0.493 e. The van der Waals surface area contributed by atoms with Gasteiger partial charge in [0, 0.05) is 16.4 Å². The molecule has 1 N–H and O–H groups in total. The third kappa shape index (κ3) is 5.77. The zero-order valence-corrected chi connectivity index (χ0v) is 13.6. The first-order chi connectivity index (χ1) is 10.1. The van der Waals surface area contributed by atoms with Crippen LogP contribution in [0.15, 0.2) is 52.1 Å². The molecule has 0 atom stereocenters. The van der Waals surface area contributed by atoms with Crippen molar-refractivity contribution in [3.8, 4) is 5.75 Å². The summed E-state index contributed by atoms with van der Waals surface area (Å²) in [6, 6.07) is 11.0. The predicted octanol–water partition coefficient (Wildman–Crippen LogP) is 3.64. The minimum absolute atomic E-state index is 0.0331. The van der Waals surface area contributed by atoms with E-state index in [0.29, 0.717) is 6.61 Å². The standard InChI is InChI=1S/C15H14BrNO3S/c16-12-3-6-14(17-10-12)21-8-7-20-13-4-1-11(2-5-13)9-15(18)19/h1-6,10H,7-9H2,(H,18,19). The van der Waals surface area contributed by atoms with Crippen LogP contribution in [0.3, 0.4) is 0 Å². The minimum Gasteiger partial charge on any atom is -0.493 e. The van der Waals surface area contributed by atoms with E-state index in [0.717, 1.165) is 26.6 Å². The Bertz CT molecular complexity index is 587. The number of carbonyl (C=O) groups is 1. The lowest BCUT2D eigenvalue weighted by molar-refractivity contribution is -0.136. The molecule has 0 aliphatic carbocycles. The summed E-state index contributed by atoms with van der Waals surface area (Å²) >= 11 is 4.97. The fourth-order valence-corrected chi connectivity index (χ4v) is 2.53. The van der Waals surface area contributed by atoms with Crippen molar-refractivity contribution in [3.63, 3.8) is 0 Å². The van der Waals surface area contributed by atoms with E-state index in [2.05, 4.69) is 20.9 Å². The minimum atomic E-state index is -0.831. The molecule has 1 heterocycles. The monoisotopic (exact) mass is 367 g/mol. The third-order valence-electron chi connectivity index (χ3n) is 2.58. The van der Waals surface area contributed by atoms with Gasteiger partial charge in [-0.25, -0.2) is 4.98 Å². The highest BCUT2D eigenvalue weighted by Gasteiger charge is 2.01. The van der Waals surface area contributed by atoms with Crippen molar-refractivity contribution in [2.45, 2.75) is 11.4 Å². The maximum absolute atomic E-state index is 10.6. The van der Waals surface area contributed by atoms with E-state index in [1.807, 2.05) is 12.1 Å². The summed E-state index contributed by atoms with van der Waals surface area (Å²) in [7, 11) is 0. The molecule has 0 saturated carbocycles. The number of rotatable bonds is 7. The number of pyridine rings is 1. The number of hydrogen-bond acceptors (Lipinski definition) is 4. The summed E-state index contributed by atoms with van der Waals surface area (Å²) in [6.07, 6.45) is 1.80. The third-order valence-corrected chi connectivity index (χ3v) is 3.96. The quantitative estimate of drug-likeness (QED) is 0.597. The van der Waals surface area contributed by atoms with Gasteiger partial charge in [0.05, 0.1) is 18.1 Å². The van der Waals surface area contributed by atoms with Crippen LogP contribution in [0, 0.1) is 0 Å². The molecule has 0 bridgehead atoms. The van der Waals surface area contributed by atoms with Crippen LogP contribution >= 0.6 is 27.7 Å². The van der Waals surface area contributed by atoms with Gasteiger partial charge in [0.15, 0.2) is 0 Å². The molecule has 1 aromatic carbocycles. The second-order valence-corrected chi connectivity index (χ2v) is 6.26. The topological polar surface area (TPSA) is 59.4 Å². The number of carboxylic acids is 1. The van der Waals surface area contributed by atoms with Crippen LogP contribution < -0.4 is 4.74 Å². The average Bonchev–Trinajstić information content (AvgIpc) is 2.46. The van der Waals surface area contributed by atoms with E-state index in [4.69, 9.17) is 9.84 Å². The summed E-state index contributed by atoms with van der Waals surface area (Å²) in [5.41, 5.74) is 0.767. The maximum Gasteiger partial charge on any atom is 0.307 e. The molecule has 110 valence electrons. The molecule has 0 spiro atoms. The summed E-state index contributed by atoms with van der Waals surface area (Å²) < 4.78 is 6.57. The van der Waals surface area contributed by atoms with Gasteiger partial charge in [0.2, 0.25) is 0 Å². The fourth-order valence-electron chi connectivity index (χ4n) is 1.63. The molecule has 0 unspecified atom stereocenters. The number of thioether (sulfide) groups is 1. The first-order valence-electron chi connectivity index (χ1n) is 6.31. The molecule has 6 heteroatoms. The second-order valence-electron chi connectivity index (χ2n) is 4.23. The fraction of sp³-hybridized carbons (Fsp3) is 0.200. The van der Waals surface area contributed by atoms with Gasteiger partial charge in [-0.3, -0.25) is 4.79 Å². The van der Waals surface area contributed by atoms with Gasteiger partial charge in [0.25, 0.3) is 0 Å². The van der Waals surface area contributed by atoms with Gasteiger partial charge in [-0.2, -0.15) is 0 Å². The molecule has 0 saturated heterocycles. The van der Waals surface area contributed by atoms with Crippen molar-refractivity contribution in [1.82, 2.24) is 4.98 Å². The van der Waals surface area contributed by atoms with E-state index in [1.54, 1.807) is 42.2 Å². The second kappa shape index (κ2) is 8.05. The number of ether oxygens (including phenoxy) is 1. The van der Waals surface area contributed by atoms with Crippen LogP contribution in [0.5, 0.6) is 5.75 Å². The number of hydrogen-bond donors (Lipinski definition) is 1. The highest BCUT2D eigenvalue weighted by molar-refractivity contribution is 9.10. The van der Waals surface area contributed by atoms with Crippen LogP contribution in [0.1, 0.15) is 5.56 Å². The zero-order valence-electron chi connectivity index (χ0n) is 11.2. The lowest BCUT2D eigenvalue weighted by Crippen LogP contribution is -2.02. The number of nitrogens with zero attached hydrogens (tertiary/aromatic N) is 1. The van der Waals surface area contributed by atoms with Crippen LogP contribution in [0.25, 0.3) is 0 Å². The molecule has 0 aliphatic heterocycles. The molecule has 0 amide bonds. The Hall–Kier alpha value is -1.53. The number of halogens is 1. The zero-order chi connectivity index (χ0) is 15.1. The summed E-state index contributed by atoms with van der Waals surface area (Å²) in [4.78, 5) is 14.8. The first-order valence-corrected chi connectivity index (χ1v) is 8.09. The first kappa shape index (κ1) is 15.9. The molecular weight excluding hydrogens is 354 g/mol.